The van der Waals surface area contributed by atoms with Crippen molar-refractivity contribution in [3.05, 3.63) is 60.2 Å². The van der Waals surface area contributed by atoms with Gasteiger partial charge in [-0.2, -0.15) is 0 Å². The number of carbonyl (C=O) groups excluding carboxylic acids is 2. The molecule has 0 aliphatic carbocycles. The summed E-state index contributed by atoms with van der Waals surface area (Å²) in [5.74, 6) is -1.09. The van der Waals surface area contributed by atoms with Crippen molar-refractivity contribution in [2.75, 3.05) is 11.9 Å². The highest BCUT2D eigenvalue weighted by atomic mass is 16.5. The topological polar surface area (TPSA) is 78.5 Å². The fourth-order valence-corrected chi connectivity index (χ4v) is 1.79. The van der Waals surface area contributed by atoms with Crippen molar-refractivity contribution in [1.82, 2.24) is 0 Å². The van der Waals surface area contributed by atoms with Crippen LogP contribution in [-0.2, 0) is 16.0 Å². The highest BCUT2D eigenvalue weighted by Gasteiger charge is 2.04. The molecule has 5 heteroatoms. The number of rotatable bonds is 6. The molecule has 108 valence electrons. The Kier molecular flexibility index (Phi) is 4.93. The fraction of sp³-hybridized carbons (Fsp3) is 0.125. The number of nitrogens with one attached hydrogen (secondary N) is 1. The molecule has 0 bridgehead atoms. The minimum Gasteiger partial charge on any atom is -0.546 e. The highest BCUT2D eigenvalue weighted by molar-refractivity contribution is 5.92. The Bertz CT molecular complexity index is 625. The van der Waals surface area contributed by atoms with E-state index in [-0.39, 0.29) is 12.3 Å². The number of hydrogen-bond donors (Lipinski definition) is 1. The zero-order chi connectivity index (χ0) is 15.1. The monoisotopic (exact) mass is 284 g/mol. The third kappa shape index (κ3) is 4.99. The normalized spacial score (nSPS) is 9.90. The predicted molar refractivity (Wildman–Crippen MR) is 75.7 cm³/mol. The lowest BCUT2D eigenvalue weighted by atomic mass is 10.1. The molecule has 2 aromatic rings. The molecule has 0 aliphatic rings. The first kappa shape index (κ1) is 14.6. The maximum atomic E-state index is 11.9. The minimum atomic E-state index is -1.30. The molecular formula is C16H14NO4-. The van der Waals surface area contributed by atoms with Crippen LogP contribution < -0.4 is 15.2 Å². The number of amides is 1. The zero-order valence-corrected chi connectivity index (χ0v) is 11.2. The van der Waals surface area contributed by atoms with Gasteiger partial charge >= 0.3 is 0 Å². The Balaban J connectivity index is 1.94. The molecule has 0 unspecified atom stereocenters. The first-order chi connectivity index (χ1) is 10.1. The molecule has 1 amide bonds. The second kappa shape index (κ2) is 7.09. The van der Waals surface area contributed by atoms with Crippen LogP contribution in [0, 0.1) is 0 Å². The fourth-order valence-electron chi connectivity index (χ4n) is 1.79. The van der Waals surface area contributed by atoms with Gasteiger partial charge in [0.25, 0.3) is 0 Å². The van der Waals surface area contributed by atoms with Crippen LogP contribution in [0.25, 0.3) is 0 Å². The van der Waals surface area contributed by atoms with E-state index in [4.69, 9.17) is 4.74 Å². The van der Waals surface area contributed by atoms with E-state index in [1.807, 2.05) is 30.3 Å². The summed E-state index contributed by atoms with van der Waals surface area (Å²) in [6.07, 6.45) is 0.269. The molecule has 0 radical (unpaired) electrons. The average molecular weight is 284 g/mol. The highest BCUT2D eigenvalue weighted by Crippen LogP contribution is 2.17. The summed E-state index contributed by atoms with van der Waals surface area (Å²) in [6.45, 7) is -0.526. The van der Waals surface area contributed by atoms with Gasteiger partial charge in [0, 0.05) is 11.8 Å². The molecule has 0 aromatic heterocycles. The second-order valence-corrected chi connectivity index (χ2v) is 4.40. The van der Waals surface area contributed by atoms with E-state index in [1.165, 1.54) is 0 Å². The van der Waals surface area contributed by atoms with Gasteiger partial charge in [0.2, 0.25) is 5.91 Å². The van der Waals surface area contributed by atoms with E-state index >= 15 is 0 Å². The average Bonchev–Trinajstić information content (AvgIpc) is 2.46. The van der Waals surface area contributed by atoms with Gasteiger partial charge < -0.3 is 20.0 Å². The van der Waals surface area contributed by atoms with E-state index in [9.17, 15) is 14.7 Å². The Labute approximate surface area is 122 Å². The maximum absolute atomic E-state index is 11.9. The largest absolute Gasteiger partial charge is 0.546 e. The summed E-state index contributed by atoms with van der Waals surface area (Å²) in [6, 6.07) is 15.9. The lowest BCUT2D eigenvalue weighted by molar-refractivity contribution is -0.307. The summed E-state index contributed by atoms with van der Waals surface area (Å²) in [5, 5.41) is 13.1. The number of carboxylic acids is 1. The quantitative estimate of drug-likeness (QED) is 0.858. The van der Waals surface area contributed by atoms with Gasteiger partial charge in [0.15, 0.2) is 0 Å². The van der Waals surface area contributed by atoms with Crippen molar-refractivity contribution < 1.29 is 19.4 Å². The summed E-state index contributed by atoms with van der Waals surface area (Å²) in [4.78, 5) is 22.2. The number of hydrogen-bond acceptors (Lipinski definition) is 4. The Morgan fingerprint density at radius 3 is 2.52 bits per heavy atom. The summed E-state index contributed by atoms with van der Waals surface area (Å²) < 4.78 is 4.99. The van der Waals surface area contributed by atoms with Gasteiger partial charge in [-0.1, -0.05) is 36.4 Å². The molecule has 0 fully saturated rings. The van der Waals surface area contributed by atoms with Gasteiger partial charge in [-0.3, -0.25) is 4.79 Å². The van der Waals surface area contributed by atoms with Gasteiger partial charge in [-0.05, 0) is 17.7 Å². The molecule has 0 spiro atoms. The van der Waals surface area contributed by atoms with E-state index in [0.717, 1.165) is 5.56 Å². The third-order valence-electron chi connectivity index (χ3n) is 2.68. The number of ether oxygens (including phenoxy) is 1. The Morgan fingerprint density at radius 1 is 1.05 bits per heavy atom. The van der Waals surface area contributed by atoms with E-state index in [2.05, 4.69) is 5.32 Å². The van der Waals surface area contributed by atoms with Crippen LogP contribution in [0.4, 0.5) is 5.69 Å². The SMILES string of the molecule is O=C([O-])COc1cccc(NC(=O)Cc2ccccc2)c1. The van der Waals surface area contributed by atoms with Gasteiger partial charge in [-0.15, -0.1) is 0 Å². The van der Waals surface area contributed by atoms with Crippen LogP contribution in [0.1, 0.15) is 5.56 Å². The van der Waals surface area contributed by atoms with Crippen molar-refractivity contribution in [3.63, 3.8) is 0 Å². The van der Waals surface area contributed by atoms with E-state index < -0.39 is 12.6 Å². The van der Waals surface area contributed by atoms with E-state index in [1.54, 1.807) is 24.3 Å². The van der Waals surface area contributed by atoms with Gasteiger partial charge in [0.05, 0.1) is 12.4 Å². The number of anilines is 1. The first-order valence-corrected chi connectivity index (χ1v) is 6.40. The second-order valence-electron chi connectivity index (χ2n) is 4.40. The molecule has 2 aromatic carbocycles. The van der Waals surface area contributed by atoms with Crippen LogP contribution in [-0.4, -0.2) is 18.5 Å². The maximum Gasteiger partial charge on any atom is 0.228 e. The van der Waals surface area contributed by atoms with Crippen molar-refractivity contribution >= 4 is 17.6 Å². The van der Waals surface area contributed by atoms with Crippen molar-refractivity contribution in [2.24, 2.45) is 0 Å². The van der Waals surface area contributed by atoms with E-state index in [0.29, 0.717) is 11.4 Å². The number of aliphatic carboxylic acids is 1. The lowest BCUT2D eigenvalue weighted by Crippen LogP contribution is -2.28. The molecule has 0 aliphatic heterocycles. The smallest absolute Gasteiger partial charge is 0.228 e. The molecule has 0 heterocycles. The molecular weight excluding hydrogens is 270 g/mol. The van der Waals surface area contributed by atoms with Crippen molar-refractivity contribution in [1.29, 1.82) is 0 Å². The zero-order valence-electron chi connectivity index (χ0n) is 11.2. The molecule has 1 N–H and O–H groups in total. The van der Waals surface area contributed by atoms with Crippen LogP contribution in [0.2, 0.25) is 0 Å². The number of carbonyl (C=O) groups is 2. The molecule has 5 nitrogen and oxygen atoms in total. The van der Waals surface area contributed by atoms with Crippen molar-refractivity contribution in [3.8, 4) is 5.75 Å². The van der Waals surface area contributed by atoms with Gasteiger partial charge in [0.1, 0.15) is 12.4 Å². The number of benzene rings is 2. The molecule has 0 saturated heterocycles. The molecule has 2 rings (SSSR count). The van der Waals surface area contributed by atoms with Crippen molar-refractivity contribution in [2.45, 2.75) is 6.42 Å². The number of carboxylic acid groups (broad SMARTS) is 1. The molecule has 0 atom stereocenters. The van der Waals surface area contributed by atoms with Crippen LogP contribution in [0.3, 0.4) is 0 Å². The molecule has 0 saturated carbocycles. The lowest BCUT2D eigenvalue weighted by Gasteiger charge is -2.09. The summed E-state index contributed by atoms with van der Waals surface area (Å²) in [7, 11) is 0. The Hall–Kier alpha value is -2.82. The van der Waals surface area contributed by atoms with Gasteiger partial charge in [-0.25, -0.2) is 0 Å². The summed E-state index contributed by atoms with van der Waals surface area (Å²) in [5.41, 5.74) is 1.46. The predicted octanol–water partition coefficient (Wildman–Crippen LogP) is 0.996. The third-order valence-corrected chi connectivity index (χ3v) is 2.68. The summed E-state index contributed by atoms with van der Waals surface area (Å²) >= 11 is 0. The van der Waals surface area contributed by atoms with Crippen LogP contribution in [0.5, 0.6) is 5.75 Å². The molecule has 21 heavy (non-hydrogen) atoms. The van der Waals surface area contributed by atoms with Crippen LogP contribution >= 0.6 is 0 Å². The first-order valence-electron chi connectivity index (χ1n) is 6.40. The Morgan fingerprint density at radius 2 is 1.81 bits per heavy atom. The standard InChI is InChI=1S/C16H15NO4/c18-15(9-12-5-2-1-3-6-12)17-13-7-4-8-14(10-13)21-11-16(19)20/h1-8,10H,9,11H2,(H,17,18)(H,19,20)/p-1. The van der Waals surface area contributed by atoms with Crippen LogP contribution in [0.15, 0.2) is 54.6 Å². The minimum absolute atomic E-state index is 0.154.